The van der Waals surface area contributed by atoms with Crippen LogP contribution in [0.25, 0.3) is 0 Å². The Morgan fingerprint density at radius 3 is 2.19 bits per heavy atom. The van der Waals surface area contributed by atoms with E-state index in [-0.39, 0.29) is 5.91 Å². The molecule has 4 nitrogen and oxygen atoms in total. The first kappa shape index (κ1) is 18.1. The third-order valence-corrected chi connectivity index (χ3v) is 4.07. The van der Waals surface area contributed by atoms with Crippen molar-refractivity contribution in [2.45, 2.75) is 19.8 Å². The number of benzene rings is 2. The Morgan fingerprint density at radius 1 is 0.885 bits per heavy atom. The quantitative estimate of drug-likeness (QED) is 0.631. The lowest BCUT2D eigenvalue weighted by Crippen LogP contribution is -2.22. The van der Waals surface area contributed by atoms with Crippen LogP contribution in [0.1, 0.15) is 27.0 Å². The van der Waals surface area contributed by atoms with Gasteiger partial charge in [0.15, 0.2) is 0 Å². The zero-order chi connectivity index (χ0) is 18.2. The average molecular weight is 367 g/mol. The van der Waals surface area contributed by atoms with Crippen LogP contribution in [0.4, 0.5) is 0 Å². The van der Waals surface area contributed by atoms with Crippen molar-refractivity contribution in [3.8, 4) is 0 Å². The molecule has 1 N–H and O–H groups in total. The van der Waals surface area contributed by atoms with Crippen LogP contribution in [0, 0.1) is 0 Å². The third kappa shape index (κ3) is 5.41. The number of hydrogen-bond acceptors (Lipinski definition) is 3. The molecule has 2 aromatic carbocycles. The highest BCUT2D eigenvalue weighted by molar-refractivity contribution is 6.29. The second kappa shape index (κ2) is 9.13. The lowest BCUT2D eigenvalue weighted by Gasteiger charge is -2.08. The van der Waals surface area contributed by atoms with E-state index >= 15 is 0 Å². The Kier molecular flexibility index (Phi) is 6.36. The maximum absolute atomic E-state index is 12.1. The van der Waals surface area contributed by atoms with Crippen LogP contribution in [-0.4, -0.2) is 10.9 Å². The number of nitrogens with one attached hydrogen (secondary N) is 1. The van der Waals surface area contributed by atoms with Gasteiger partial charge < -0.3 is 10.1 Å². The summed E-state index contributed by atoms with van der Waals surface area (Å²) in [5.74, 6) is -0.176. The van der Waals surface area contributed by atoms with Crippen LogP contribution >= 0.6 is 11.6 Å². The number of carbonyl (C=O) groups excluding carboxylic acids is 1. The van der Waals surface area contributed by atoms with Gasteiger partial charge in [-0.05, 0) is 28.8 Å². The molecular formula is C21H19ClN2O2. The van der Waals surface area contributed by atoms with Crippen molar-refractivity contribution in [1.29, 1.82) is 0 Å². The summed E-state index contributed by atoms with van der Waals surface area (Å²) in [7, 11) is 0. The number of rotatable bonds is 7. The third-order valence-electron chi connectivity index (χ3n) is 3.85. The van der Waals surface area contributed by atoms with E-state index in [1.807, 2.05) is 54.6 Å². The minimum Gasteiger partial charge on any atom is -0.372 e. The zero-order valence-corrected chi connectivity index (χ0v) is 14.9. The summed E-state index contributed by atoms with van der Waals surface area (Å²) < 4.78 is 5.72. The Hall–Kier alpha value is -2.69. The zero-order valence-electron chi connectivity index (χ0n) is 14.2. The lowest BCUT2D eigenvalue weighted by molar-refractivity contribution is 0.0950. The van der Waals surface area contributed by atoms with Gasteiger partial charge in [0.25, 0.3) is 5.91 Å². The van der Waals surface area contributed by atoms with Crippen molar-refractivity contribution in [1.82, 2.24) is 10.3 Å². The number of amides is 1. The van der Waals surface area contributed by atoms with Crippen LogP contribution < -0.4 is 5.32 Å². The number of hydrogen-bond donors (Lipinski definition) is 1. The molecule has 3 aromatic rings. The number of halogens is 1. The van der Waals surface area contributed by atoms with Crippen LogP contribution in [0.3, 0.4) is 0 Å². The van der Waals surface area contributed by atoms with Gasteiger partial charge >= 0.3 is 0 Å². The predicted molar refractivity (Wildman–Crippen MR) is 102 cm³/mol. The van der Waals surface area contributed by atoms with Gasteiger partial charge in [0.2, 0.25) is 0 Å². The van der Waals surface area contributed by atoms with E-state index in [2.05, 4.69) is 10.3 Å². The van der Waals surface area contributed by atoms with Gasteiger partial charge in [-0.25, -0.2) is 4.98 Å². The monoisotopic (exact) mass is 366 g/mol. The van der Waals surface area contributed by atoms with Gasteiger partial charge in [0, 0.05) is 12.7 Å². The second-order valence-corrected chi connectivity index (χ2v) is 6.23. The molecule has 0 aliphatic rings. The fourth-order valence-electron chi connectivity index (χ4n) is 2.41. The van der Waals surface area contributed by atoms with E-state index in [1.54, 1.807) is 12.1 Å². The standard InChI is InChI=1S/C21H19ClN2O2/c22-20-11-10-19(13-23-20)21(25)24-12-16-6-8-18(9-7-16)15-26-14-17-4-2-1-3-5-17/h1-11,13H,12,14-15H2,(H,24,25). The molecule has 0 aliphatic heterocycles. The van der Waals surface area contributed by atoms with Gasteiger partial charge in [-0.1, -0.05) is 66.2 Å². The van der Waals surface area contributed by atoms with E-state index in [0.29, 0.717) is 30.5 Å². The topological polar surface area (TPSA) is 51.2 Å². The Balaban J connectivity index is 1.45. The fourth-order valence-corrected chi connectivity index (χ4v) is 2.52. The van der Waals surface area contributed by atoms with Gasteiger partial charge in [-0.15, -0.1) is 0 Å². The molecule has 0 fully saturated rings. The molecule has 0 unspecified atom stereocenters. The highest BCUT2D eigenvalue weighted by atomic mass is 35.5. The first-order valence-electron chi connectivity index (χ1n) is 8.30. The molecule has 0 saturated carbocycles. The molecule has 0 atom stereocenters. The minimum atomic E-state index is -0.176. The van der Waals surface area contributed by atoms with Crippen LogP contribution in [0.15, 0.2) is 72.9 Å². The van der Waals surface area contributed by atoms with Crippen LogP contribution in [0.2, 0.25) is 5.15 Å². The second-order valence-electron chi connectivity index (χ2n) is 5.85. The molecule has 132 valence electrons. The molecule has 0 bridgehead atoms. The molecule has 0 saturated heterocycles. The smallest absolute Gasteiger partial charge is 0.253 e. The molecule has 26 heavy (non-hydrogen) atoms. The molecular weight excluding hydrogens is 348 g/mol. The van der Waals surface area contributed by atoms with Gasteiger partial charge in [-0.3, -0.25) is 4.79 Å². The molecule has 1 aromatic heterocycles. The molecule has 0 radical (unpaired) electrons. The molecule has 3 rings (SSSR count). The maximum atomic E-state index is 12.1. The van der Waals surface area contributed by atoms with E-state index < -0.39 is 0 Å². The highest BCUT2D eigenvalue weighted by Crippen LogP contribution is 2.09. The largest absolute Gasteiger partial charge is 0.372 e. The van der Waals surface area contributed by atoms with Crippen LogP contribution in [-0.2, 0) is 24.5 Å². The fraction of sp³-hybridized carbons (Fsp3) is 0.143. The van der Waals surface area contributed by atoms with Gasteiger partial charge in [-0.2, -0.15) is 0 Å². The Morgan fingerprint density at radius 2 is 1.54 bits per heavy atom. The predicted octanol–water partition coefficient (Wildman–Crippen LogP) is 4.38. The summed E-state index contributed by atoms with van der Waals surface area (Å²) in [4.78, 5) is 16.0. The maximum Gasteiger partial charge on any atom is 0.253 e. The molecule has 1 heterocycles. The van der Waals surface area contributed by atoms with Crippen molar-refractivity contribution < 1.29 is 9.53 Å². The molecule has 1 amide bonds. The summed E-state index contributed by atoms with van der Waals surface area (Å²) in [6.45, 7) is 1.60. The van der Waals surface area contributed by atoms with E-state index in [0.717, 1.165) is 16.7 Å². The van der Waals surface area contributed by atoms with Gasteiger partial charge in [0.05, 0.1) is 18.8 Å². The molecule has 0 aliphatic carbocycles. The van der Waals surface area contributed by atoms with E-state index in [4.69, 9.17) is 16.3 Å². The number of carbonyl (C=O) groups is 1. The normalized spacial score (nSPS) is 10.5. The first-order chi connectivity index (χ1) is 12.7. The van der Waals surface area contributed by atoms with E-state index in [1.165, 1.54) is 6.20 Å². The number of aromatic nitrogens is 1. The summed E-state index contributed by atoms with van der Waals surface area (Å²) >= 11 is 5.72. The first-order valence-corrected chi connectivity index (χ1v) is 8.68. The SMILES string of the molecule is O=C(NCc1ccc(COCc2ccccc2)cc1)c1ccc(Cl)nc1. The minimum absolute atomic E-state index is 0.176. The van der Waals surface area contributed by atoms with Crippen molar-refractivity contribution in [2.24, 2.45) is 0 Å². The highest BCUT2D eigenvalue weighted by Gasteiger charge is 2.05. The lowest BCUT2D eigenvalue weighted by atomic mass is 10.1. The summed E-state index contributed by atoms with van der Waals surface area (Å²) in [6, 6.07) is 21.3. The Labute approximate surface area is 157 Å². The number of pyridine rings is 1. The number of ether oxygens (including phenoxy) is 1. The molecule has 5 heteroatoms. The van der Waals surface area contributed by atoms with Crippen molar-refractivity contribution >= 4 is 17.5 Å². The van der Waals surface area contributed by atoms with Crippen molar-refractivity contribution in [3.05, 3.63) is 100 Å². The summed E-state index contributed by atoms with van der Waals surface area (Å²) in [5.41, 5.74) is 3.76. The number of nitrogens with zero attached hydrogens (tertiary/aromatic N) is 1. The van der Waals surface area contributed by atoms with Crippen molar-refractivity contribution in [2.75, 3.05) is 0 Å². The summed E-state index contributed by atoms with van der Waals surface area (Å²) in [5, 5.41) is 3.23. The van der Waals surface area contributed by atoms with Crippen LogP contribution in [0.5, 0.6) is 0 Å². The Bertz CT molecular complexity index is 834. The average Bonchev–Trinajstić information content (AvgIpc) is 2.68. The van der Waals surface area contributed by atoms with E-state index in [9.17, 15) is 4.79 Å². The van der Waals surface area contributed by atoms with Crippen molar-refractivity contribution in [3.63, 3.8) is 0 Å². The van der Waals surface area contributed by atoms with Gasteiger partial charge in [0.1, 0.15) is 5.15 Å². The summed E-state index contributed by atoms with van der Waals surface area (Å²) in [6.07, 6.45) is 1.46. The molecule has 0 spiro atoms.